The maximum Gasteiger partial charge on any atom is 0.338 e. The van der Waals surface area contributed by atoms with Crippen molar-refractivity contribution in [3.05, 3.63) is 102 Å². The molecule has 0 saturated heterocycles. The van der Waals surface area contributed by atoms with Crippen LogP contribution in [0.1, 0.15) is 25.0 Å². The van der Waals surface area contributed by atoms with E-state index in [4.69, 9.17) is 14.2 Å². The van der Waals surface area contributed by atoms with Crippen LogP contribution in [0.25, 0.3) is 11.1 Å². The van der Waals surface area contributed by atoms with Gasteiger partial charge in [0.2, 0.25) is 0 Å². The van der Waals surface area contributed by atoms with Gasteiger partial charge in [0, 0.05) is 11.1 Å². The number of carbonyl (C=O) groups is 2. The maximum atomic E-state index is 14.7. The Balaban J connectivity index is 1.66. The topological polar surface area (TPSA) is 61.8 Å². The van der Waals surface area contributed by atoms with Gasteiger partial charge in [0.15, 0.2) is 11.6 Å². The Morgan fingerprint density at radius 1 is 0.824 bits per heavy atom. The second-order valence-corrected chi connectivity index (χ2v) is 7.89. The van der Waals surface area contributed by atoms with E-state index in [1.54, 1.807) is 68.4 Å². The Labute approximate surface area is 198 Å². The molecule has 0 aliphatic heterocycles. The fourth-order valence-electron chi connectivity index (χ4n) is 3.01. The first kappa shape index (κ1) is 24.5. The van der Waals surface area contributed by atoms with Gasteiger partial charge in [-0.1, -0.05) is 37.4 Å². The monoisotopic (exact) mass is 460 g/mol. The van der Waals surface area contributed by atoms with E-state index in [-0.39, 0.29) is 12.4 Å². The van der Waals surface area contributed by atoms with Crippen molar-refractivity contribution in [2.75, 3.05) is 0 Å². The van der Waals surface area contributed by atoms with Crippen molar-refractivity contribution in [3.8, 4) is 28.4 Å². The van der Waals surface area contributed by atoms with Gasteiger partial charge in [0.1, 0.15) is 18.1 Å². The lowest BCUT2D eigenvalue weighted by Gasteiger charge is -2.12. The average Bonchev–Trinajstić information content (AvgIpc) is 2.79. The van der Waals surface area contributed by atoms with Gasteiger partial charge in [-0.15, -0.1) is 0 Å². The molecule has 0 fully saturated rings. The highest BCUT2D eigenvalue weighted by atomic mass is 19.1. The molecule has 34 heavy (non-hydrogen) atoms. The molecule has 0 bridgehead atoms. The predicted octanol–water partition coefficient (Wildman–Crippen LogP) is 6.34. The van der Waals surface area contributed by atoms with Gasteiger partial charge in [-0.3, -0.25) is 0 Å². The minimum atomic E-state index is -0.498. The van der Waals surface area contributed by atoms with Gasteiger partial charge < -0.3 is 14.2 Å². The van der Waals surface area contributed by atoms with E-state index in [0.29, 0.717) is 28.2 Å². The van der Waals surface area contributed by atoms with Crippen molar-refractivity contribution >= 4 is 11.9 Å². The number of benzene rings is 3. The molecule has 0 atom stereocenters. The van der Waals surface area contributed by atoms with Crippen molar-refractivity contribution in [3.63, 3.8) is 0 Å². The van der Waals surface area contributed by atoms with Crippen molar-refractivity contribution in [1.29, 1.82) is 0 Å². The first-order valence-corrected chi connectivity index (χ1v) is 10.5. The fourth-order valence-corrected chi connectivity index (χ4v) is 3.01. The molecule has 6 heteroatoms. The molecule has 0 spiro atoms. The molecule has 3 aromatic rings. The van der Waals surface area contributed by atoms with Crippen LogP contribution in [0.5, 0.6) is 17.2 Å². The molecule has 0 aliphatic carbocycles. The average molecular weight is 461 g/mol. The van der Waals surface area contributed by atoms with E-state index < -0.39 is 17.8 Å². The molecule has 0 radical (unpaired) electrons. The quantitative estimate of drug-likeness (QED) is 0.223. The van der Waals surface area contributed by atoms with Crippen LogP contribution in [0.2, 0.25) is 0 Å². The van der Waals surface area contributed by atoms with Crippen molar-refractivity contribution in [1.82, 2.24) is 0 Å². The lowest BCUT2D eigenvalue weighted by Crippen LogP contribution is -2.08. The molecule has 5 nitrogen and oxygen atoms in total. The molecule has 0 saturated carbocycles. The summed E-state index contributed by atoms with van der Waals surface area (Å²) in [5.41, 5.74) is 3.70. The molecular formula is C28H25FO5. The molecular weight excluding hydrogens is 435 g/mol. The molecule has 3 rings (SSSR count). The van der Waals surface area contributed by atoms with Gasteiger partial charge in [0.05, 0.1) is 0 Å². The highest BCUT2D eigenvalue weighted by molar-refractivity contribution is 5.89. The normalized spacial score (nSPS) is 10.4. The minimum absolute atomic E-state index is 0.117. The third-order valence-corrected chi connectivity index (χ3v) is 4.88. The highest BCUT2D eigenvalue weighted by Gasteiger charge is 2.11. The summed E-state index contributed by atoms with van der Waals surface area (Å²) < 4.78 is 30.7. The number of rotatable bonds is 8. The Morgan fingerprint density at radius 2 is 1.41 bits per heavy atom. The molecule has 3 aromatic carbocycles. The van der Waals surface area contributed by atoms with Crippen LogP contribution in [0.4, 0.5) is 4.39 Å². The SMILES string of the molecule is C=C(C)C(=O)Oc1ccc(COc2ccc(-c3ccc(OC(=O)C(=C)C)cc3C)cc2F)cc1. The van der Waals surface area contributed by atoms with Crippen LogP contribution in [0, 0.1) is 12.7 Å². The number of carbonyl (C=O) groups excluding carboxylic acids is 2. The zero-order chi connectivity index (χ0) is 24.8. The van der Waals surface area contributed by atoms with E-state index in [1.165, 1.54) is 6.07 Å². The first-order valence-electron chi connectivity index (χ1n) is 10.5. The molecule has 0 unspecified atom stereocenters. The van der Waals surface area contributed by atoms with Crippen molar-refractivity contribution in [2.24, 2.45) is 0 Å². The van der Waals surface area contributed by atoms with Crippen LogP contribution in [-0.4, -0.2) is 11.9 Å². The number of hydrogen-bond acceptors (Lipinski definition) is 5. The third-order valence-electron chi connectivity index (χ3n) is 4.88. The Hall–Kier alpha value is -4.19. The lowest BCUT2D eigenvalue weighted by molar-refractivity contribution is -0.130. The third kappa shape index (κ3) is 6.19. The fraction of sp³-hybridized carbons (Fsp3) is 0.143. The number of ether oxygens (including phenoxy) is 3. The highest BCUT2D eigenvalue weighted by Crippen LogP contribution is 2.30. The number of aryl methyl sites for hydroxylation is 1. The second kappa shape index (κ2) is 10.6. The zero-order valence-corrected chi connectivity index (χ0v) is 19.3. The minimum Gasteiger partial charge on any atom is -0.486 e. The summed E-state index contributed by atoms with van der Waals surface area (Å²) in [7, 11) is 0. The molecule has 174 valence electrons. The predicted molar refractivity (Wildman–Crippen MR) is 128 cm³/mol. The lowest BCUT2D eigenvalue weighted by atomic mass is 10.00. The van der Waals surface area contributed by atoms with Gasteiger partial charge in [0.25, 0.3) is 0 Å². The van der Waals surface area contributed by atoms with E-state index >= 15 is 0 Å². The van der Waals surface area contributed by atoms with Crippen LogP contribution >= 0.6 is 0 Å². The van der Waals surface area contributed by atoms with Crippen molar-refractivity contribution in [2.45, 2.75) is 27.4 Å². The Morgan fingerprint density at radius 3 is 1.97 bits per heavy atom. The van der Waals surface area contributed by atoms with E-state index in [2.05, 4.69) is 13.2 Å². The maximum absolute atomic E-state index is 14.7. The summed E-state index contributed by atoms with van der Waals surface area (Å²) in [4.78, 5) is 23.3. The zero-order valence-electron chi connectivity index (χ0n) is 19.3. The summed E-state index contributed by atoms with van der Waals surface area (Å²) in [5, 5.41) is 0. The molecule has 0 amide bonds. The van der Waals surface area contributed by atoms with Gasteiger partial charge >= 0.3 is 11.9 Å². The van der Waals surface area contributed by atoms with Gasteiger partial charge in [-0.05, 0) is 79.4 Å². The molecule has 0 aliphatic rings. The van der Waals surface area contributed by atoms with Crippen LogP contribution in [0.3, 0.4) is 0 Å². The number of esters is 2. The van der Waals surface area contributed by atoms with E-state index in [9.17, 15) is 14.0 Å². The van der Waals surface area contributed by atoms with Crippen LogP contribution in [0.15, 0.2) is 85.0 Å². The molecule has 0 heterocycles. The summed E-state index contributed by atoms with van der Waals surface area (Å²) in [6.07, 6.45) is 0. The molecule has 0 N–H and O–H groups in total. The number of hydrogen-bond donors (Lipinski definition) is 0. The van der Waals surface area contributed by atoms with Gasteiger partial charge in [-0.25, -0.2) is 14.0 Å². The number of halogens is 1. The summed E-state index contributed by atoms with van der Waals surface area (Å²) in [5.74, 6) is -0.586. The van der Waals surface area contributed by atoms with Gasteiger partial charge in [-0.2, -0.15) is 0 Å². The summed E-state index contributed by atoms with van der Waals surface area (Å²) in [6.45, 7) is 12.2. The Kier molecular flexibility index (Phi) is 7.64. The molecule has 0 aromatic heterocycles. The van der Waals surface area contributed by atoms with E-state index in [0.717, 1.165) is 16.7 Å². The second-order valence-electron chi connectivity index (χ2n) is 7.89. The van der Waals surface area contributed by atoms with Crippen LogP contribution in [-0.2, 0) is 16.2 Å². The van der Waals surface area contributed by atoms with Crippen LogP contribution < -0.4 is 14.2 Å². The largest absolute Gasteiger partial charge is 0.486 e. The summed E-state index contributed by atoms with van der Waals surface area (Å²) in [6, 6.07) is 16.6. The van der Waals surface area contributed by atoms with Crippen molar-refractivity contribution < 1.29 is 28.2 Å². The standard InChI is InChI=1S/C28H25FO5/c1-17(2)27(30)33-22-9-6-20(7-10-22)16-32-26-13-8-21(15-25(26)29)24-12-11-23(14-19(24)5)34-28(31)18(3)4/h6-15H,1,3,16H2,2,4-5H3. The summed E-state index contributed by atoms with van der Waals surface area (Å²) >= 11 is 0. The first-order chi connectivity index (χ1) is 16.1. The smallest absolute Gasteiger partial charge is 0.338 e. The van der Waals surface area contributed by atoms with E-state index in [1.807, 2.05) is 6.92 Å². The Bertz CT molecular complexity index is 1260.